The number of nitrogens with one attached hydrogen (secondary N) is 3. The molecule has 4 rings (SSSR count). The van der Waals surface area contributed by atoms with Gasteiger partial charge >= 0.3 is 6.09 Å². The van der Waals surface area contributed by atoms with Crippen LogP contribution >= 0.6 is 0 Å². The van der Waals surface area contributed by atoms with Crippen LogP contribution in [0.4, 0.5) is 10.5 Å². The van der Waals surface area contributed by atoms with Gasteiger partial charge < -0.3 is 25.1 Å². The van der Waals surface area contributed by atoms with Gasteiger partial charge in [0, 0.05) is 41.6 Å². The number of aromatic amines is 1. The Hall–Kier alpha value is -4.40. The van der Waals surface area contributed by atoms with E-state index in [0.29, 0.717) is 17.3 Å². The van der Waals surface area contributed by atoms with Gasteiger partial charge in [0.05, 0.1) is 6.20 Å². The van der Waals surface area contributed by atoms with E-state index in [1.54, 1.807) is 51.2 Å². The Labute approximate surface area is 202 Å². The first-order valence-electron chi connectivity index (χ1n) is 11.2. The highest BCUT2D eigenvalue weighted by Crippen LogP contribution is 2.22. The second kappa shape index (κ2) is 10.3. The first kappa shape index (κ1) is 23.7. The number of ether oxygens (including phenoxy) is 2. The number of fused-ring (bicyclic) bond motifs is 1. The Morgan fingerprint density at radius 3 is 2.54 bits per heavy atom. The molecule has 2 amide bonds. The number of para-hydroxylation sites is 1. The molecule has 1 atom stereocenters. The van der Waals surface area contributed by atoms with E-state index in [1.807, 2.05) is 30.5 Å². The van der Waals surface area contributed by atoms with Crippen molar-refractivity contribution in [3.63, 3.8) is 0 Å². The van der Waals surface area contributed by atoms with E-state index in [9.17, 15) is 9.59 Å². The van der Waals surface area contributed by atoms with E-state index >= 15 is 0 Å². The monoisotopic (exact) mass is 473 g/mol. The minimum atomic E-state index is -0.862. The molecule has 0 aliphatic carbocycles. The maximum Gasteiger partial charge on any atom is 0.408 e. The lowest BCUT2D eigenvalue weighted by Gasteiger charge is -2.23. The van der Waals surface area contributed by atoms with Crippen LogP contribution in [0.25, 0.3) is 10.9 Å². The molecular formula is C26H27N5O4. The van der Waals surface area contributed by atoms with Crippen molar-refractivity contribution in [1.82, 2.24) is 20.3 Å². The highest BCUT2D eigenvalue weighted by molar-refractivity contribution is 5.97. The Kier molecular flexibility index (Phi) is 6.96. The van der Waals surface area contributed by atoms with Crippen molar-refractivity contribution < 1.29 is 19.1 Å². The lowest BCUT2D eigenvalue weighted by molar-refractivity contribution is -0.118. The van der Waals surface area contributed by atoms with Crippen LogP contribution in [-0.4, -0.2) is 38.6 Å². The van der Waals surface area contributed by atoms with Gasteiger partial charge in [0.2, 0.25) is 11.8 Å². The average molecular weight is 474 g/mol. The molecule has 0 unspecified atom stereocenters. The van der Waals surface area contributed by atoms with Crippen LogP contribution in [0.5, 0.6) is 11.6 Å². The molecule has 0 radical (unpaired) electrons. The number of alkyl carbamates (subject to hydrolysis) is 1. The molecule has 0 aliphatic rings. The van der Waals surface area contributed by atoms with Gasteiger partial charge in [-0.3, -0.25) is 9.78 Å². The fourth-order valence-electron chi connectivity index (χ4n) is 3.47. The normalized spacial score (nSPS) is 12.1. The summed E-state index contributed by atoms with van der Waals surface area (Å²) < 4.78 is 11.0. The summed E-state index contributed by atoms with van der Waals surface area (Å²) in [5.41, 5.74) is 1.73. The molecule has 0 aliphatic heterocycles. The van der Waals surface area contributed by atoms with Crippen LogP contribution in [0.1, 0.15) is 26.3 Å². The quantitative estimate of drug-likeness (QED) is 0.354. The molecule has 2 aromatic heterocycles. The fourth-order valence-corrected chi connectivity index (χ4v) is 3.47. The van der Waals surface area contributed by atoms with Gasteiger partial charge in [0.15, 0.2) is 0 Å². The molecule has 2 aromatic carbocycles. The van der Waals surface area contributed by atoms with E-state index < -0.39 is 17.7 Å². The lowest BCUT2D eigenvalue weighted by atomic mass is 10.0. The van der Waals surface area contributed by atoms with Crippen LogP contribution in [0.3, 0.4) is 0 Å². The smallest absolute Gasteiger partial charge is 0.408 e. The zero-order valence-corrected chi connectivity index (χ0v) is 19.7. The predicted molar refractivity (Wildman–Crippen MR) is 132 cm³/mol. The minimum absolute atomic E-state index is 0.281. The summed E-state index contributed by atoms with van der Waals surface area (Å²) in [6, 6.07) is 13.8. The Morgan fingerprint density at radius 2 is 1.83 bits per heavy atom. The van der Waals surface area contributed by atoms with Gasteiger partial charge in [-0.1, -0.05) is 18.2 Å². The van der Waals surface area contributed by atoms with Gasteiger partial charge in [0.25, 0.3) is 0 Å². The first-order valence-corrected chi connectivity index (χ1v) is 11.2. The average Bonchev–Trinajstić information content (AvgIpc) is 3.22. The highest BCUT2D eigenvalue weighted by Gasteiger charge is 2.26. The lowest BCUT2D eigenvalue weighted by Crippen LogP contribution is -2.47. The highest BCUT2D eigenvalue weighted by atomic mass is 16.6. The van der Waals surface area contributed by atoms with E-state index in [2.05, 4.69) is 25.6 Å². The molecule has 180 valence electrons. The van der Waals surface area contributed by atoms with Gasteiger partial charge in [-0.05, 0) is 56.7 Å². The SMILES string of the molecule is CC(C)(C)OC(=O)N[C@H](Cc1c[nH]c2ccccc12)C(=O)Nc1ccc(Oc2cnccn2)cc1. The second-order valence-corrected chi connectivity index (χ2v) is 8.92. The largest absolute Gasteiger partial charge is 0.444 e. The molecule has 9 heteroatoms. The summed E-state index contributed by atoms with van der Waals surface area (Å²) in [6.07, 6.45) is 6.07. The van der Waals surface area contributed by atoms with Crippen molar-refractivity contribution in [3.05, 3.63) is 78.9 Å². The molecule has 0 fully saturated rings. The summed E-state index contributed by atoms with van der Waals surface area (Å²) >= 11 is 0. The Morgan fingerprint density at radius 1 is 1.06 bits per heavy atom. The number of hydrogen-bond acceptors (Lipinski definition) is 6. The van der Waals surface area contributed by atoms with Crippen molar-refractivity contribution >= 4 is 28.6 Å². The fraction of sp³-hybridized carbons (Fsp3) is 0.231. The number of carbonyl (C=O) groups excluding carboxylic acids is 2. The Bertz CT molecular complexity index is 1300. The van der Waals surface area contributed by atoms with Crippen molar-refractivity contribution in [1.29, 1.82) is 0 Å². The van der Waals surface area contributed by atoms with Crippen molar-refractivity contribution in [2.75, 3.05) is 5.32 Å². The topological polar surface area (TPSA) is 118 Å². The van der Waals surface area contributed by atoms with Gasteiger partial charge in [0.1, 0.15) is 17.4 Å². The number of H-pyrrole nitrogens is 1. The molecule has 0 saturated heterocycles. The van der Waals surface area contributed by atoms with E-state index in [-0.39, 0.29) is 12.3 Å². The van der Waals surface area contributed by atoms with Crippen LogP contribution in [0.2, 0.25) is 0 Å². The third kappa shape index (κ3) is 6.57. The van der Waals surface area contributed by atoms with Crippen LogP contribution < -0.4 is 15.4 Å². The summed E-state index contributed by atoms with van der Waals surface area (Å²) in [5.74, 6) is 0.541. The van der Waals surface area contributed by atoms with Crippen molar-refractivity contribution in [2.24, 2.45) is 0 Å². The number of hydrogen-bond donors (Lipinski definition) is 3. The summed E-state index contributed by atoms with van der Waals surface area (Å²) in [6.45, 7) is 5.31. The van der Waals surface area contributed by atoms with Crippen LogP contribution in [0, 0.1) is 0 Å². The molecule has 2 heterocycles. The molecule has 35 heavy (non-hydrogen) atoms. The molecular weight excluding hydrogens is 446 g/mol. The third-order valence-corrected chi connectivity index (χ3v) is 4.99. The molecule has 4 aromatic rings. The summed E-state index contributed by atoms with van der Waals surface area (Å²) in [7, 11) is 0. The number of benzene rings is 2. The van der Waals surface area contributed by atoms with E-state index in [0.717, 1.165) is 16.5 Å². The van der Waals surface area contributed by atoms with Gasteiger partial charge in [-0.15, -0.1) is 0 Å². The zero-order chi connectivity index (χ0) is 24.8. The van der Waals surface area contributed by atoms with Crippen molar-refractivity contribution in [3.8, 4) is 11.6 Å². The summed E-state index contributed by atoms with van der Waals surface area (Å²) in [5, 5.41) is 6.56. The molecule has 3 N–H and O–H groups in total. The molecule has 0 bridgehead atoms. The number of aromatic nitrogens is 3. The van der Waals surface area contributed by atoms with Crippen molar-refractivity contribution in [2.45, 2.75) is 38.8 Å². The number of anilines is 1. The standard InChI is InChI=1S/C26H27N5O4/c1-26(2,3)35-25(33)31-22(14-17-15-29-21-7-5-4-6-20(17)21)24(32)30-18-8-10-19(11-9-18)34-23-16-27-12-13-28-23/h4-13,15-16,22,29H,14H2,1-3H3,(H,30,32)(H,31,33)/t22-/m1/s1. The number of rotatable bonds is 7. The maximum absolute atomic E-state index is 13.2. The van der Waals surface area contributed by atoms with Crippen LogP contribution in [0.15, 0.2) is 73.3 Å². The molecule has 9 nitrogen and oxygen atoms in total. The van der Waals surface area contributed by atoms with E-state index in [1.165, 1.54) is 12.4 Å². The third-order valence-electron chi connectivity index (χ3n) is 4.99. The maximum atomic E-state index is 13.2. The summed E-state index contributed by atoms with van der Waals surface area (Å²) in [4.78, 5) is 36.9. The number of nitrogens with zero attached hydrogens (tertiary/aromatic N) is 2. The van der Waals surface area contributed by atoms with Gasteiger partial charge in [-0.25, -0.2) is 9.78 Å². The van der Waals surface area contributed by atoms with Gasteiger partial charge in [-0.2, -0.15) is 0 Å². The second-order valence-electron chi connectivity index (χ2n) is 8.92. The molecule has 0 saturated carbocycles. The molecule has 0 spiro atoms. The Balaban J connectivity index is 1.48. The van der Waals surface area contributed by atoms with Crippen LogP contribution in [-0.2, 0) is 16.0 Å². The van der Waals surface area contributed by atoms with E-state index in [4.69, 9.17) is 9.47 Å². The number of carbonyl (C=O) groups is 2. The first-order chi connectivity index (χ1) is 16.8. The predicted octanol–water partition coefficient (Wildman–Crippen LogP) is 4.82. The zero-order valence-electron chi connectivity index (χ0n) is 19.7. The minimum Gasteiger partial charge on any atom is -0.444 e. The number of amides is 2.